The fourth-order valence-electron chi connectivity index (χ4n) is 1.53. The third kappa shape index (κ3) is 3.62. The van der Waals surface area contributed by atoms with E-state index in [1.807, 2.05) is 13.8 Å². The first-order valence-electron chi connectivity index (χ1n) is 5.74. The molecule has 0 radical (unpaired) electrons. The summed E-state index contributed by atoms with van der Waals surface area (Å²) in [5.74, 6) is 0.295. The van der Waals surface area contributed by atoms with Crippen LogP contribution in [0, 0.1) is 5.92 Å². The van der Waals surface area contributed by atoms with Gasteiger partial charge in [0.05, 0.1) is 25.3 Å². The van der Waals surface area contributed by atoms with Gasteiger partial charge in [0.15, 0.2) is 0 Å². The van der Waals surface area contributed by atoms with Gasteiger partial charge in [-0.2, -0.15) is 0 Å². The van der Waals surface area contributed by atoms with Crippen LogP contribution in [0.2, 0.25) is 5.02 Å². The first kappa shape index (κ1) is 14.8. The molecule has 0 unspecified atom stereocenters. The summed E-state index contributed by atoms with van der Waals surface area (Å²) in [4.78, 5) is 12.1. The highest BCUT2D eigenvalue weighted by Gasteiger charge is 2.19. The van der Waals surface area contributed by atoms with Gasteiger partial charge in [-0.05, 0) is 24.1 Å². The third-order valence-corrected chi connectivity index (χ3v) is 2.96. The lowest BCUT2D eigenvalue weighted by molar-refractivity contribution is 0.0894. The van der Waals surface area contributed by atoms with Gasteiger partial charge in [-0.1, -0.05) is 25.4 Å². The molecule has 0 aliphatic heterocycles. The molecule has 0 aliphatic carbocycles. The number of benzene rings is 1. The Kier molecular flexibility index (Phi) is 5.44. The summed E-state index contributed by atoms with van der Waals surface area (Å²) in [6.07, 6.45) is 0. The van der Waals surface area contributed by atoms with Crippen molar-refractivity contribution in [2.45, 2.75) is 19.9 Å². The molecule has 0 heterocycles. The van der Waals surface area contributed by atoms with Gasteiger partial charge >= 0.3 is 0 Å². The number of aliphatic hydroxyl groups excluding tert-OH is 1. The molecule has 0 spiro atoms. The molecule has 0 aromatic heterocycles. The molecule has 1 aromatic rings. The van der Waals surface area contributed by atoms with E-state index in [9.17, 15) is 9.90 Å². The van der Waals surface area contributed by atoms with Crippen molar-refractivity contribution in [3.8, 4) is 5.75 Å². The van der Waals surface area contributed by atoms with Gasteiger partial charge in [0.1, 0.15) is 5.75 Å². The largest absolute Gasteiger partial charge is 0.496 e. The molecule has 0 aliphatic rings. The van der Waals surface area contributed by atoms with Crippen molar-refractivity contribution in [1.29, 1.82) is 0 Å². The van der Waals surface area contributed by atoms with Crippen LogP contribution in [0.3, 0.4) is 0 Å². The van der Waals surface area contributed by atoms with Crippen LogP contribution in [-0.2, 0) is 0 Å². The zero-order valence-electron chi connectivity index (χ0n) is 10.7. The van der Waals surface area contributed by atoms with Crippen molar-refractivity contribution in [3.05, 3.63) is 28.8 Å². The summed E-state index contributed by atoms with van der Waals surface area (Å²) in [5, 5.41) is 12.4. The predicted octanol–water partition coefficient (Wildman–Crippen LogP) is 2.10. The molecule has 4 nitrogen and oxygen atoms in total. The summed E-state index contributed by atoms with van der Waals surface area (Å²) < 4.78 is 5.12. The lowest BCUT2D eigenvalue weighted by atomic mass is 10.0. The van der Waals surface area contributed by atoms with E-state index in [-0.39, 0.29) is 24.5 Å². The molecule has 0 bridgehead atoms. The van der Waals surface area contributed by atoms with Crippen LogP contribution in [-0.4, -0.2) is 30.8 Å². The van der Waals surface area contributed by atoms with E-state index >= 15 is 0 Å². The predicted molar refractivity (Wildman–Crippen MR) is 71.2 cm³/mol. The number of carbonyl (C=O) groups excluding carboxylic acids is 1. The topological polar surface area (TPSA) is 58.6 Å². The number of ether oxygens (including phenoxy) is 1. The van der Waals surface area contributed by atoms with Crippen LogP contribution >= 0.6 is 11.6 Å². The van der Waals surface area contributed by atoms with E-state index in [2.05, 4.69) is 5.32 Å². The molecule has 0 saturated heterocycles. The number of rotatable bonds is 5. The standard InChI is InChI=1S/C13H18ClNO3/c1-8(2)11(7-16)15-13(17)10-6-9(14)4-5-12(10)18-3/h4-6,8,11,16H,7H2,1-3H3,(H,15,17)/t11-/m1/s1. The maximum Gasteiger partial charge on any atom is 0.255 e. The average Bonchev–Trinajstić information content (AvgIpc) is 2.35. The minimum Gasteiger partial charge on any atom is -0.496 e. The molecule has 1 amide bonds. The highest BCUT2D eigenvalue weighted by atomic mass is 35.5. The Hall–Kier alpha value is -1.26. The number of hydrogen-bond acceptors (Lipinski definition) is 3. The highest BCUT2D eigenvalue weighted by Crippen LogP contribution is 2.22. The van der Waals surface area contributed by atoms with Crippen molar-refractivity contribution >= 4 is 17.5 Å². The van der Waals surface area contributed by atoms with Gasteiger partial charge in [0.25, 0.3) is 5.91 Å². The van der Waals surface area contributed by atoms with E-state index in [4.69, 9.17) is 16.3 Å². The number of aliphatic hydroxyl groups is 1. The summed E-state index contributed by atoms with van der Waals surface area (Å²) in [6, 6.07) is 4.55. The van der Waals surface area contributed by atoms with Gasteiger partial charge in [-0.15, -0.1) is 0 Å². The molecule has 100 valence electrons. The van der Waals surface area contributed by atoms with Gasteiger partial charge in [0, 0.05) is 5.02 Å². The monoisotopic (exact) mass is 271 g/mol. The summed E-state index contributed by atoms with van der Waals surface area (Å²) in [5.41, 5.74) is 0.365. The minimum absolute atomic E-state index is 0.105. The molecule has 0 fully saturated rings. The number of hydrogen-bond donors (Lipinski definition) is 2. The number of halogens is 1. The quantitative estimate of drug-likeness (QED) is 0.862. The van der Waals surface area contributed by atoms with E-state index in [1.54, 1.807) is 18.2 Å². The van der Waals surface area contributed by atoms with Crippen LogP contribution < -0.4 is 10.1 Å². The zero-order valence-corrected chi connectivity index (χ0v) is 11.5. The van der Waals surface area contributed by atoms with Gasteiger partial charge < -0.3 is 15.2 Å². The summed E-state index contributed by atoms with van der Waals surface area (Å²) >= 11 is 5.87. The van der Waals surface area contributed by atoms with E-state index < -0.39 is 0 Å². The molecule has 18 heavy (non-hydrogen) atoms. The second-order valence-electron chi connectivity index (χ2n) is 4.35. The maximum absolute atomic E-state index is 12.1. The number of amides is 1. The molecule has 2 N–H and O–H groups in total. The van der Waals surface area contributed by atoms with E-state index in [0.717, 1.165) is 0 Å². The summed E-state index contributed by atoms with van der Waals surface area (Å²) in [6.45, 7) is 3.75. The minimum atomic E-state index is -0.304. The Bertz CT molecular complexity index is 421. The van der Waals surface area contributed by atoms with Gasteiger partial charge in [-0.3, -0.25) is 4.79 Å². The van der Waals surface area contributed by atoms with Crippen molar-refractivity contribution in [2.75, 3.05) is 13.7 Å². The molecule has 0 saturated carbocycles. The first-order valence-corrected chi connectivity index (χ1v) is 6.12. The molecule has 1 aromatic carbocycles. The molecular formula is C13H18ClNO3. The number of nitrogens with one attached hydrogen (secondary N) is 1. The number of carbonyl (C=O) groups is 1. The Morgan fingerprint density at radius 1 is 1.50 bits per heavy atom. The lowest BCUT2D eigenvalue weighted by Gasteiger charge is -2.20. The molecule has 1 atom stereocenters. The maximum atomic E-state index is 12.1. The van der Waals surface area contributed by atoms with Gasteiger partial charge in [0.2, 0.25) is 0 Å². The Morgan fingerprint density at radius 3 is 2.67 bits per heavy atom. The van der Waals surface area contributed by atoms with Crippen LogP contribution in [0.5, 0.6) is 5.75 Å². The molecular weight excluding hydrogens is 254 g/mol. The normalized spacial score (nSPS) is 12.3. The van der Waals surface area contributed by atoms with Crippen molar-refractivity contribution in [3.63, 3.8) is 0 Å². The first-order chi connectivity index (χ1) is 8.49. The van der Waals surface area contributed by atoms with Crippen molar-refractivity contribution in [2.24, 2.45) is 5.92 Å². The lowest BCUT2D eigenvalue weighted by Crippen LogP contribution is -2.41. The summed E-state index contributed by atoms with van der Waals surface area (Å²) in [7, 11) is 1.49. The zero-order chi connectivity index (χ0) is 13.7. The number of methoxy groups -OCH3 is 1. The van der Waals surface area contributed by atoms with E-state index in [1.165, 1.54) is 7.11 Å². The molecule has 5 heteroatoms. The van der Waals surface area contributed by atoms with Crippen molar-refractivity contribution < 1.29 is 14.6 Å². The fraction of sp³-hybridized carbons (Fsp3) is 0.462. The second kappa shape index (κ2) is 6.61. The van der Waals surface area contributed by atoms with Crippen LogP contribution in [0.1, 0.15) is 24.2 Å². The average molecular weight is 272 g/mol. The highest BCUT2D eigenvalue weighted by molar-refractivity contribution is 6.31. The molecule has 1 rings (SSSR count). The Morgan fingerprint density at radius 2 is 2.17 bits per heavy atom. The van der Waals surface area contributed by atoms with Crippen LogP contribution in [0.25, 0.3) is 0 Å². The van der Waals surface area contributed by atoms with Crippen LogP contribution in [0.15, 0.2) is 18.2 Å². The Balaban J connectivity index is 2.92. The third-order valence-electron chi connectivity index (χ3n) is 2.72. The van der Waals surface area contributed by atoms with Crippen LogP contribution in [0.4, 0.5) is 0 Å². The Labute approximate surface area is 112 Å². The smallest absolute Gasteiger partial charge is 0.255 e. The van der Waals surface area contributed by atoms with Crippen molar-refractivity contribution in [1.82, 2.24) is 5.32 Å². The SMILES string of the molecule is COc1ccc(Cl)cc1C(=O)N[C@H](CO)C(C)C. The fourth-order valence-corrected chi connectivity index (χ4v) is 1.70. The van der Waals surface area contributed by atoms with Gasteiger partial charge in [-0.25, -0.2) is 0 Å². The van der Waals surface area contributed by atoms with E-state index in [0.29, 0.717) is 16.3 Å². The second-order valence-corrected chi connectivity index (χ2v) is 4.79.